The van der Waals surface area contributed by atoms with Crippen molar-refractivity contribution in [1.29, 1.82) is 0 Å². The molecule has 3 aromatic rings. The van der Waals surface area contributed by atoms with Crippen LogP contribution in [0.25, 0.3) is 0 Å². The van der Waals surface area contributed by atoms with Crippen molar-refractivity contribution < 1.29 is 4.79 Å². The molecule has 0 fully saturated rings. The van der Waals surface area contributed by atoms with Crippen LogP contribution in [0.1, 0.15) is 21.6 Å². The van der Waals surface area contributed by atoms with Gasteiger partial charge in [0.25, 0.3) is 0 Å². The number of rotatable bonds is 3. The number of aromatic nitrogens is 1. The van der Waals surface area contributed by atoms with Crippen LogP contribution in [0.3, 0.4) is 0 Å². The zero-order valence-corrected chi connectivity index (χ0v) is 15.8. The van der Waals surface area contributed by atoms with Gasteiger partial charge in [0, 0.05) is 0 Å². The van der Waals surface area contributed by atoms with Crippen LogP contribution in [0.2, 0.25) is 5.02 Å². The Morgan fingerprint density at radius 1 is 1.12 bits per heavy atom. The van der Waals surface area contributed by atoms with Crippen molar-refractivity contribution in [1.82, 2.24) is 4.68 Å². The number of nitrogens with one attached hydrogen (secondary N) is 1. The van der Waals surface area contributed by atoms with Gasteiger partial charge in [-0.05, 0) is 0 Å². The van der Waals surface area contributed by atoms with Gasteiger partial charge >= 0.3 is 151 Å². The minimum atomic E-state index is -0.247. The van der Waals surface area contributed by atoms with Gasteiger partial charge in [0.05, 0.1) is 0 Å². The van der Waals surface area contributed by atoms with Gasteiger partial charge in [-0.1, -0.05) is 0 Å². The summed E-state index contributed by atoms with van der Waals surface area (Å²) in [6, 6.07) is 14.9. The van der Waals surface area contributed by atoms with Crippen LogP contribution in [0.15, 0.2) is 58.5 Å². The first-order chi connectivity index (χ1) is 11.6. The second kappa shape index (κ2) is 7.22. The molecule has 0 aliphatic carbocycles. The summed E-state index contributed by atoms with van der Waals surface area (Å²) in [5, 5.41) is 0.429. The quantitative estimate of drug-likeness (QED) is 0.668. The van der Waals surface area contributed by atoms with Crippen molar-refractivity contribution >= 4 is 37.7 Å². The maximum atomic E-state index is 12.5. The van der Waals surface area contributed by atoms with Gasteiger partial charge in [0.2, 0.25) is 0 Å². The molecule has 0 spiro atoms. The van der Waals surface area contributed by atoms with Gasteiger partial charge < -0.3 is 0 Å². The minimum absolute atomic E-state index is 0.0696. The number of hydrogen-bond donors (Lipinski definition) is 1. The van der Waals surface area contributed by atoms with E-state index >= 15 is 0 Å². The molecule has 122 valence electrons. The fourth-order valence-corrected chi connectivity index (χ4v) is 4.16. The van der Waals surface area contributed by atoms with E-state index < -0.39 is 0 Å². The van der Waals surface area contributed by atoms with E-state index in [-0.39, 0.29) is 20.4 Å². The molecule has 6 heteroatoms. The Bertz CT molecular complexity index is 959. The average Bonchev–Trinajstić information content (AvgIpc) is 2.90. The normalized spacial score (nSPS) is 11.5. The number of para-hydroxylation sites is 1. The molecule has 0 saturated carbocycles. The zero-order chi connectivity index (χ0) is 17.1. The molecule has 2 aromatic carbocycles. The first-order valence-corrected chi connectivity index (χ1v) is 9.62. The summed E-state index contributed by atoms with van der Waals surface area (Å²) in [4.78, 5) is 19.3. The van der Waals surface area contributed by atoms with Crippen LogP contribution >= 0.6 is 11.6 Å². The molecular weight excluding hydrogens is 389 g/mol. The number of aryl methyl sites for hydroxylation is 2. The number of carbonyl (C=O) groups is 1. The molecule has 3 rings (SSSR count). The summed E-state index contributed by atoms with van der Waals surface area (Å²) < 4.78 is 2.59. The van der Waals surface area contributed by atoms with Gasteiger partial charge in [-0.2, -0.15) is 0 Å². The molecule has 24 heavy (non-hydrogen) atoms. The Morgan fingerprint density at radius 2 is 1.83 bits per heavy atom. The third-order valence-corrected chi connectivity index (χ3v) is 5.85. The number of halogens is 1. The molecule has 1 heterocycles. The van der Waals surface area contributed by atoms with E-state index in [9.17, 15) is 4.79 Å². The van der Waals surface area contributed by atoms with Gasteiger partial charge in [-0.25, -0.2) is 0 Å². The topological polar surface area (TPSA) is 46.4 Å². The molecule has 1 aromatic heterocycles. The standard InChI is InChI=1S/C18H16ClN3OSe/c1-12-7-3-6-10-16(12)20-18-22(13(2)11-24-18)21-17(23)14-8-4-5-9-15(14)19/h3-11H,1-2H3,(H,21,23). The van der Waals surface area contributed by atoms with E-state index in [0.717, 1.165) is 21.3 Å². The zero-order valence-electron chi connectivity index (χ0n) is 13.3. The summed E-state index contributed by atoms with van der Waals surface area (Å²) in [6.45, 7) is 3.98. The van der Waals surface area contributed by atoms with E-state index in [1.54, 1.807) is 28.9 Å². The molecule has 0 unspecified atom stereocenters. The van der Waals surface area contributed by atoms with Crippen molar-refractivity contribution in [2.45, 2.75) is 13.8 Å². The summed E-state index contributed by atoms with van der Waals surface area (Å²) >= 11 is 6.18. The van der Waals surface area contributed by atoms with Gasteiger partial charge in [0.15, 0.2) is 0 Å². The van der Waals surface area contributed by atoms with Crippen LogP contribution in [-0.2, 0) is 0 Å². The molecule has 1 amide bonds. The molecule has 0 aliphatic rings. The number of benzene rings is 2. The van der Waals surface area contributed by atoms with E-state index in [2.05, 4.69) is 10.4 Å². The van der Waals surface area contributed by atoms with E-state index in [1.807, 2.05) is 38.1 Å². The molecule has 0 aliphatic heterocycles. The van der Waals surface area contributed by atoms with Crippen molar-refractivity contribution in [3.05, 3.63) is 79.7 Å². The SMILES string of the molecule is Cc1ccccc1N=c1[se]cc(C)n1NC(=O)c1ccccc1Cl. The van der Waals surface area contributed by atoms with Crippen LogP contribution in [0.4, 0.5) is 5.69 Å². The molecular formula is C18H16ClN3OSe. The fourth-order valence-electron chi connectivity index (χ4n) is 2.21. The van der Waals surface area contributed by atoms with E-state index in [4.69, 9.17) is 16.6 Å². The Hall–Kier alpha value is -2.07. The van der Waals surface area contributed by atoms with Crippen LogP contribution in [0, 0.1) is 13.8 Å². The third-order valence-electron chi connectivity index (χ3n) is 3.54. The first-order valence-electron chi connectivity index (χ1n) is 7.39. The van der Waals surface area contributed by atoms with Crippen molar-refractivity contribution in [3.8, 4) is 0 Å². The summed E-state index contributed by atoms with van der Waals surface area (Å²) in [5.74, 6) is -0.247. The first kappa shape index (κ1) is 16.8. The molecule has 4 nitrogen and oxygen atoms in total. The summed E-state index contributed by atoms with van der Waals surface area (Å²) in [6.07, 6.45) is 0. The predicted molar refractivity (Wildman–Crippen MR) is 97.7 cm³/mol. The van der Waals surface area contributed by atoms with Crippen molar-refractivity contribution in [2.75, 3.05) is 5.43 Å². The molecule has 0 radical (unpaired) electrons. The average molecular weight is 405 g/mol. The Morgan fingerprint density at radius 3 is 2.58 bits per heavy atom. The predicted octanol–water partition coefficient (Wildman–Crippen LogP) is 3.43. The second-order valence-electron chi connectivity index (χ2n) is 5.31. The van der Waals surface area contributed by atoms with Crippen LogP contribution < -0.4 is 9.79 Å². The fraction of sp³-hybridized carbons (Fsp3) is 0.111. The van der Waals surface area contributed by atoms with E-state index in [0.29, 0.717) is 10.6 Å². The Kier molecular flexibility index (Phi) is 5.05. The maximum absolute atomic E-state index is 12.5. The van der Waals surface area contributed by atoms with Crippen LogP contribution in [-0.4, -0.2) is 25.1 Å². The third kappa shape index (κ3) is 3.54. The molecule has 1 N–H and O–H groups in total. The van der Waals surface area contributed by atoms with Crippen molar-refractivity contribution in [2.24, 2.45) is 4.99 Å². The van der Waals surface area contributed by atoms with Crippen molar-refractivity contribution in [3.63, 3.8) is 0 Å². The van der Waals surface area contributed by atoms with Gasteiger partial charge in [-0.3, -0.25) is 0 Å². The monoisotopic (exact) mass is 405 g/mol. The molecule has 0 bridgehead atoms. The van der Waals surface area contributed by atoms with Gasteiger partial charge in [0.1, 0.15) is 0 Å². The summed E-state index contributed by atoms with van der Waals surface area (Å²) in [7, 11) is 0. The number of carbonyl (C=O) groups excluding carboxylic acids is 1. The molecule has 0 atom stereocenters. The second-order valence-corrected chi connectivity index (χ2v) is 7.48. The number of amides is 1. The summed E-state index contributed by atoms with van der Waals surface area (Å²) in [5.41, 5.74) is 6.32. The van der Waals surface area contributed by atoms with Gasteiger partial charge in [-0.15, -0.1) is 0 Å². The number of nitrogens with zero attached hydrogens (tertiary/aromatic N) is 2. The number of hydrogen-bond acceptors (Lipinski definition) is 2. The van der Waals surface area contributed by atoms with E-state index in [1.165, 1.54) is 0 Å². The molecule has 0 saturated heterocycles. The van der Waals surface area contributed by atoms with Crippen LogP contribution in [0.5, 0.6) is 0 Å². The Labute approximate surface area is 151 Å². The Balaban J connectivity index is 1.98.